The first kappa shape index (κ1) is 15.1. The molecule has 0 saturated heterocycles. The maximum Gasteiger partial charge on any atom is 0.416 e. The standard InChI is InChI=1S/C19H19F3/c1-2-3-4-13-5-9-17-14(11-13)6-7-15-12-16(19(20,21)22)8-10-18(15)17/h5,8-12H,2-4,6-7H2,1H3. The molecule has 0 spiro atoms. The van der Waals surface area contributed by atoms with E-state index in [0.717, 1.165) is 29.5 Å². The smallest absolute Gasteiger partial charge is 0.166 e. The zero-order chi connectivity index (χ0) is 15.7. The molecule has 2 aromatic rings. The zero-order valence-electron chi connectivity index (χ0n) is 12.6. The van der Waals surface area contributed by atoms with Gasteiger partial charge < -0.3 is 0 Å². The van der Waals surface area contributed by atoms with Crippen LogP contribution in [0.1, 0.15) is 42.0 Å². The van der Waals surface area contributed by atoms with Crippen molar-refractivity contribution in [3.05, 3.63) is 58.7 Å². The predicted octanol–water partition coefficient (Wildman–Crippen LogP) is 5.81. The molecule has 0 saturated carbocycles. The summed E-state index contributed by atoms with van der Waals surface area (Å²) >= 11 is 0. The van der Waals surface area contributed by atoms with E-state index in [9.17, 15) is 13.2 Å². The van der Waals surface area contributed by atoms with Gasteiger partial charge in [0, 0.05) is 0 Å². The number of rotatable bonds is 3. The molecule has 0 bridgehead atoms. The normalized spacial score (nSPS) is 13.6. The Labute approximate surface area is 129 Å². The average molecular weight is 304 g/mol. The van der Waals surface area contributed by atoms with Crippen molar-refractivity contribution in [2.75, 3.05) is 0 Å². The predicted molar refractivity (Wildman–Crippen MR) is 82.9 cm³/mol. The maximum absolute atomic E-state index is 12.8. The lowest BCUT2D eigenvalue weighted by Gasteiger charge is -2.22. The Morgan fingerprint density at radius 1 is 0.909 bits per heavy atom. The van der Waals surface area contributed by atoms with Crippen LogP contribution in [0.4, 0.5) is 13.2 Å². The minimum atomic E-state index is -4.26. The molecule has 0 radical (unpaired) electrons. The number of alkyl halides is 3. The zero-order valence-corrected chi connectivity index (χ0v) is 12.6. The summed E-state index contributed by atoms with van der Waals surface area (Å²) in [5.74, 6) is 0. The van der Waals surface area contributed by atoms with E-state index in [0.29, 0.717) is 6.42 Å². The molecule has 0 aromatic heterocycles. The van der Waals surface area contributed by atoms with Gasteiger partial charge in [-0.25, -0.2) is 0 Å². The minimum absolute atomic E-state index is 0.547. The molecule has 3 rings (SSSR count). The molecule has 0 atom stereocenters. The monoisotopic (exact) mass is 304 g/mol. The van der Waals surface area contributed by atoms with Crippen LogP contribution in [0.25, 0.3) is 11.1 Å². The van der Waals surface area contributed by atoms with Crippen molar-refractivity contribution >= 4 is 0 Å². The highest BCUT2D eigenvalue weighted by molar-refractivity contribution is 5.73. The highest BCUT2D eigenvalue weighted by Crippen LogP contribution is 2.38. The van der Waals surface area contributed by atoms with Crippen LogP contribution in [-0.2, 0) is 25.4 Å². The Balaban J connectivity index is 1.96. The third-order valence-corrected chi connectivity index (χ3v) is 4.38. The molecule has 3 heteroatoms. The van der Waals surface area contributed by atoms with Gasteiger partial charge in [-0.3, -0.25) is 0 Å². The second-order valence-corrected chi connectivity index (χ2v) is 5.96. The van der Waals surface area contributed by atoms with Gasteiger partial charge >= 0.3 is 6.18 Å². The fraction of sp³-hybridized carbons (Fsp3) is 0.368. The van der Waals surface area contributed by atoms with Crippen LogP contribution in [-0.4, -0.2) is 0 Å². The second kappa shape index (κ2) is 5.79. The molecule has 1 aliphatic carbocycles. The Morgan fingerprint density at radius 3 is 2.18 bits per heavy atom. The van der Waals surface area contributed by atoms with Crippen LogP contribution >= 0.6 is 0 Å². The highest BCUT2D eigenvalue weighted by Gasteiger charge is 2.31. The molecule has 116 valence electrons. The Hall–Kier alpha value is -1.77. The summed E-state index contributed by atoms with van der Waals surface area (Å²) in [6.07, 6.45) is 0.653. The van der Waals surface area contributed by atoms with Crippen molar-refractivity contribution in [1.82, 2.24) is 0 Å². The van der Waals surface area contributed by atoms with Gasteiger partial charge in [-0.2, -0.15) is 13.2 Å². The van der Waals surface area contributed by atoms with Crippen molar-refractivity contribution in [2.24, 2.45) is 0 Å². The highest BCUT2D eigenvalue weighted by atomic mass is 19.4. The van der Waals surface area contributed by atoms with Gasteiger partial charge in [-0.1, -0.05) is 37.6 Å². The van der Waals surface area contributed by atoms with Gasteiger partial charge in [-0.15, -0.1) is 0 Å². The lowest BCUT2D eigenvalue weighted by Crippen LogP contribution is -2.09. The minimum Gasteiger partial charge on any atom is -0.166 e. The van der Waals surface area contributed by atoms with Crippen molar-refractivity contribution in [2.45, 2.75) is 45.2 Å². The van der Waals surface area contributed by atoms with Crippen LogP contribution in [0.2, 0.25) is 0 Å². The Kier molecular flexibility index (Phi) is 3.98. The molecule has 0 N–H and O–H groups in total. The molecule has 22 heavy (non-hydrogen) atoms. The van der Waals surface area contributed by atoms with Crippen LogP contribution in [0.5, 0.6) is 0 Å². The first-order chi connectivity index (χ1) is 10.5. The number of aryl methyl sites for hydroxylation is 3. The second-order valence-electron chi connectivity index (χ2n) is 5.96. The molecular weight excluding hydrogens is 285 g/mol. The Morgan fingerprint density at radius 2 is 1.55 bits per heavy atom. The topological polar surface area (TPSA) is 0 Å². The van der Waals surface area contributed by atoms with Crippen LogP contribution < -0.4 is 0 Å². The van der Waals surface area contributed by atoms with Crippen LogP contribution in [0, 0.1) is 0 Å². The summed E-state index contributed by atoms with van der Waals surface area (Å²) in [5, 5.41) is 0. The fourth-order valence-corrected chi connectivity index (χ4v) is 3.16. The van der Waals surface area contributed by atoms with Gasteiger partial charge in [0.25, 0.3) is 0 Å². The summed E-state index contributed by atoms with van der Waals surface area (Å²) in [6.45, 7) is 2.17. The van der Waals surface area contributed by atoms with Gasteiger partial charge in [0.2, 0.25) is 0 Å². The van der Waals surface area contributed by atoms with E-state index in [1.54, 1.807) is 6.07 Å². The van der Waals surface area contributed by atoms with E-state index < -0.39 is 11.7 Å². The maximum atomic E-state index is 12.8. The first-order valence-electron chi connectivity index (χ1n) is 7.81. The van der Waals surface area contributed by atoms with Crippen LogP contribution in [0.15, 0.2) is 36.4 Å². The van der Waals surface area contributed by atoms with Crippen LogP contribution in [0.3, 0.4) is 0 Å². The fourth-order valence-electron chi connectivity index (χ4n) is 3.16. The number of fused-ring (bicyclic) bond motifs is 3. The van der Waals surface area contributed by atoms with E-state index in [-0.39, 0.29) is 0 Å². The molecule has 1 aliphatic rings. The van der Waals surface area contributed by atoms with E-state index in [1.165, 1.54) is 36.1 Å². The quantitative estimate of drug-likeness (QED) is 0.671. The number of benzene rings is 2. The first-order valence-corrected chi connectivity index (χ1v) is 7.81. The molecule has 0 amide bonds. The third kappa shape index (κ3) is 2.90. The summed E-state index contributed by atoms with van der Waals surface area (Å²) in [6, 6.07) is 10.5. The summed E-state index contributed by atoms with van der Waals surface area (Å²) in [7, 11) is 0. The molecule has 2 aromatic carbocycles. The molecule has 0 aliphatic heterocycles. The van der Waals surface area contributed by atoms with Crippen molar-refractivity contribution in [1.29, 1.82) is 0 Å². The summed E-state index contributed by atoms with van der Waals surface area (Å²) in [4.78, 5) is 0. The van der Waals surface area contributed by atoms with Crippen molar-refractivity contribution < 1.29 is 13.2 Å². The largest absolute Gasteiger partial charge is 0.416 e. The van der Waals surface area contributed by atoms with E-state index in [4.69, 9.17) is 0 Å². The number of hydrogen-bond donors (Lipinski definition) is 0. The number of unbranched alkanes of at least 4 members (excludes halogenated alkanes) is 1. The van der Waals surface area contributed by atoms with Gasteiger partial charge in [-0.05, 0) is 65.6 Å². The molecule has 0 unspecified atom stereocenters. The third-order valence-electron chi connectivity index (χ3n) is 4.38. The molecule has 0 heterocycles. The average Bonchev–Trinajstić information content (AvgIpc) is 2.51. The molecular formula is C19H19F3. The van der Waals surface area contributed by atoms with Gasteiger partial charge in [0.05, 0.1) is 5.56 Å². The Bertz CT molecular complexity index is 684. The lowest BCUT2D eigenvalue weighted by atomic mass is 9.83. The van der Waals surface area contributed by atoms with Crippen molar-refractivity contribution in [3.8, 4) is 11.1 Å². The SMILES string of the molecule is CCCCc1ccc2c(c1)CCc1cc(C(F)(F)F)ccc1-2. The lowest BCUT2D eigenvalue weighted by molar-refractivity contribution is -0.137. The number of halogens is 3. The molecule has 0 fully saturated rings. The summed E-state index contributed by atoms with van der Waals surface area (Å²) in [5.41, 5.74) is 4.90. The molecule has 0 nitrogen and oxygen atoms in total. The van der Waals surface area contributed by atoms with E-state index in [2.05, 4.69) is 25.1 Å². The number of hydrogen-bond acceptors (Lipinski definition) is 0. The van der Waals surface area contributed by atoms with E-state index >= 15 is 0 Å². The van der Waals surface area contributed by atoms with Gasteiger partial charge in [0.15, 0.2) is 0 Å². The van der Waals surface area contributed by atoms with Crippen molar-refractivity contribution in [3.63, 3.8) is 0 Å². The van der Waals surface area contributed by atoms with Gasteiger partial charge in [0.1, 0.15) is 0 Å². The van der Waals surface area contributed by atoms with E-state index in [1.807, 2.05) is 0 Å². The summed E-state index contributed by atoms with van der Waals surface area (Å²) < 4.78 is 38.5.